The highest BCUT2D eigenvalue weighted by Crippen LogP contribution is 2.36. The van der Waals surface area contributed by atoms with Gasteiger partial charge in [0.2, 0.25) is 15.9 Å². The number of pyridine rings is 1. The molecule has 3 heterocycles. The Labute approximate surface area is 187 Å². The second kappa shape index (κ2) is 8.87. The molecule has 0 bridgehead atoms. The molecule has 1 aromatic heterocycles. The van der Waals surface area contributed by atoms with Crippen LogP contribution in [0.3, 0.4) is 0 Å². The molecule has 4 rings (SSSR count). The number of aryl methyl sites for hydroxylation is 1. The maximum atomic E-state index is 13.4. The first-order chi connectivity index (χ1) is 15.3. The van der Waals surface area contributed by atoms with Crippen molar-refractivity contribution in [1.29, 1.82) is 0 Å². The number of piperidine rings is 1. The summed E-state index contributed by atoms with van der Waals surface area (Å²) in [5.74, 6) is -0.549. The fourth-order valence-electron chi connectivity index (χ4n) is 3.97. The van der Waals surface area contributed by atoms with Gasteiger partial charge in [0.15, 0.2) is 6.10 Å². The fraction of sp³-hybridized carbons (Fsp3) is 0.409. The lowest BCUT2D eigenvalue weighted by molar-refractivity contribution is -0.126. The highest BCUT2D eigenvalue weighted by Gasteiger charge is 2.35. The van der Waals surface area contributed by atoms with Gasteiger partial charge in [-0.2, -0.15) is 4.31 Å². The van der Waals surface area contributed by atoms with Crippen molar-refractivity contribution in [2.45, 2.75) is 44.2 Å². The van der Waals surface area contributed by atoms with Crippen LogP contribution in [0.2, 0.25) is 0 Å². The lowest BCUT2D eigenvalue weighted by atomic mass is 9.99. The molecule has 10 heteroatoms. The van der Waals surface area contributed by atoms with Gasteiger partial charge in [-0.3, -0.25) is 14.6 Å². The predicted molar refractivity (Wildman–Crippen MR) is 117 cm³/mol. The lowest BCUT2D eigenvalue weighted by Gasteiger charge is -2.32. The summed E-state index contributed by atoms with van der Waals surface area (Å²) in [6.45, 7) is 4.09. The number of hydrogen-bond donors (Lipinski definition) is 2. The van der Waals surface area contributed by atoms with Crippen molar-refractivity contribution in [2.24, 2.45) is 5.92 Å². The van der Waals surface area contributed by atoms with Crippen molar-refractivity contribution in [3.8, 4) is 5.75 Å². The van der Waals surface area contributed by atoms with Gasteiger partial charge in [0.05, 0.1) is 16.5 Å². The van der Waals surface area contributed by atoms with E-state index in [4.69, 9.17) is 4.74 Å². The summed E-state index contributed by atoms with van der Waals surface area (Å²) in [4.78, 5) is 28.7. The van der Waals surface area contributed by atoms with Gasteiger partial charge >= 0.3 is 0 Å². The van der Waals surface area contributed by atoms with Gasteiger partial charge in [0.25, 0.3) is 5.91 Å². The van der Waals surface area contributed by atoms with Crippen LogP contribution in [0.25, 0.3) is 0 Å². The number of amides is 2. The number of nitrogens with zero attached hydrogens (tertiary/aromatic N) is 2. The van der Waals surface area contributed by atoms with Crippen molar-refractivity contribution < 1.29 is 22.7 Å². The van der Waals surface area contributed by atoms with Crippen LogP contribution in [0, 0.1) is 12.8 Å². The number of aromatic nitrogens is 1. The van der Waals surface area contributed by atoms with Crippen LogP contribution in [0.15, 0.2) is 41.6 Å². The van der Waals surface area contributed by atoms with Crippen molar-refractivity contribution in [2.75, 3.05) is 18.4 Å². The molecule has 2 aliphatic rings. The maximum Gasteiger partial charge on any atom is 0.265 e. The van der Waals surface area contributed by atoms with Crippen LogP contribution in [0.1, 0.15) is 30.9 Å². The van der Waals surface area contributed by atoms with Crippen LogP contribution >= 0.6 is 0 Å². The SMILES string of the molecule is Cc1cc2c(cc1S(=O)(=O)N1CCC[C@@H](C(=O)NCc3cccnc3)C1)O[C@@H](C)C(=O)N2. The van der Waals surface area contributed by atoms with Crippen molar-refractivity contribution in [1.82, 2.24) is 14.6 Å². The number of hydrogen-bond acceptors (Lipinski definition) is 6. The molecule has 32 heavy (non-hydrogen) atoms. The third-order valence-corrected chi connectivity index (χ3v) is 7.78. The zero-order valence-electron chi connectivity index (χ0n) is 18.0. The first-order valence-electron chi connectivity index (χ1n) is 10.5. The van der Waals surface area contributed by atoms with Gasteiger partial charge in [-0.25, -0.2) is 8.42 Å². The molecule has 2 N–H and O–H groups in total. The molecule has 0 spiro atoms. The second-order valence-electron chi connectivity index (χ2n) is 8.14. The molecular formula is C22H26N4O5S. The van der Waals surface area contributed by atoms with Gasteiger partial charge in [0, 0.05) is 38.1 Å². The zero-order chi connectivity index (χ0) is 22.9. The Balaban J connectivity index is 1.50. The van der Waals surface area contributed by atoms with Crippen LogP contribution < -0.4 is 15.4 Å². The predicted octanol–water partition coefficient (Wildman–Crippen LogP) is 1.83. The Kier molecular flexibility index (Phi) is 6.16. The summed E-state index contributed by atoms with van der Waals surface area (Å²) < 4.78 is 33.8. The summed E-state index contributed by atoms with van der Waals surface area (Å²) in [7, 11) is -3.84. The number of benzene rings is 1. The number of rotatable bonds is 5. The third-order valence-electron chi connectivity index (χ3n) is 5.77. The molecule has 2 atom stereocenters. The molecule has 2 aromatic rings. The van der Waals surface area contributed by atoms with Crippen molar-refractivity contribution >= 4 is 27.5 Å². The van der Waals surface area contributed by atoms with Crippen LogP contribution in [-0.2, 0) is 26.2 Å². The minimum absolute atomic E-state index is 0.117. The number of carbonyl (C=O) groups is 2. The maximum absolute atomic E-state index is 13.4. The minimum atomic E-state index is -3.84. The lowest BCUT2D eigenvalue weighted by Crippen LogP contribution is -2.45. The van der Waals surface area contributed by atoms with Crippen LogP contribution in [-0.4, -0.2) is 48.7 Å². The normalized spacial score (nSPS) is 21.2. The number of nitrogens with one attached hydrogen (secondary N) is 2. The van der Waals surface area contributed by atoms with E-state index in [1.807, 2.05) is 6.07 Å². The monoisotopic (exact) mass is 458 g/mol. The van der Waals surface area contributed by atoms with E-state index in [0.717, 1.165) is 5.56 Å². The Hall–Kier alpha value is -2.98. The van der Waals surface area contributed by atoms with E-state index >= 15 is 0 Å². The molecule has 0 radical (unpaired) electrons. The number of anilines is 1. The number of sulfonamides is 1. The molecule has 1 saturated heterocycles. The average molecular weight is 459 g/mol. The number of fused-ring (bicyclic) bond motifs is 1. The van der Waals surface area contributed by atoms with Crippen molar-refractivity contribution in [3.05, 3.63) is 47.8 Å². The van der Waals surface area contributed by atoms with E-state index < -0.39 is 22.0 Å². The van der Waals surface area contributed by atoms with Gasteiger partial charge in [0.1, 0.15) is 5.75 Å². The van der Waals surface area contributed by atoms with Crippen molar-refractivity contribution in [3.63, 3.8) is 0 Å². The second-order valence-corrected chi connectivity index (χ2v) is 10.1. The van der Waals surface area contributed by atoms with Crippen LogP contribution in [0.4, 0.5) is 5.69 Å². The Morgan fingerprint density at radius 3 is 2.94 bits per heavy atom. The minimum Gasteiger partial charge on any atom is -0.479 e. The highest BCUT2D eigenvalue weighted by molar-refractivity contribution is 7.89. The molecule has 1 aromatic carbocycles. The number of carbonyl (C=O) groups excluding carboxylic acids is 2. The molecule has 0 saturated carbocycles. The van der Waals surface area contributed by atoms with E-state index in [2.05, 4.69) is 15.6 Å². The summed E-state index contributed by atoms with van der Waals surface area (Å²) in [5, 5.41) is 5.61. The Bertz CT molecular complexity index is 1140. The third kappa shape index (κ3) is 4.46. The van der Waals surface area contributed by atoms with E-state index in [1.54, 1.807) is 38.4 Å². The topological polar surface area (TPSA) is 118 Å². The Morgan fingerprint density at radius 1 is 1.38 bits per heavy atom. The average Bonchev–Trinajstić information content (AvgIpc) is 2.79. The number of ether oxygens (including phenoxy) is 1. The van der Waals surface area contributed by atoms with Gasteiger partial charge in [-0.1, -0.05) is 6.07 Å². The smallest absolute Gasteiger partial charge is 0.265 e. The van der Waals surface area contributed by atoms with Crippen LogP contribution in [0.5, 0.6) is 5.75 Å². The van der Waals surface area contributed by atoms with E-state index in [0.29, 0.717) is 42.9 Å². The summed E-state index contributed by atoms with van der Waals surface area (Å²) >= 11 is 0. The molecular weight excluding hydrogens is 432 g/mol. The summed E-state index contributed by atoms with van der Waals surface area (Å²) in [5.41, 5.74) is 1.84. The molecule has 9 nitrogen and oxygen atoms in total. The Morgan fingerprint density at radius 2 is 2.19 bits per heavy atom. The van der Waals surface area contributed by atoms with E-state index in [9.17, 15) is 18.0 Å². The molecule has 0 unspecified atom stereocenters. The summed E-state index contributed by atoms with van der Waals surface area (Å²) in [6, 6.07) is 6.73. The van der Waals surface area contributed by atoms with Gasteiger partial charge in [-0.05, 0) is 49.9 Å². The molecule has 170 valence electrons. The standard InChI is InChI=1S/C22H26N4O5S/c1-14-9-18-19(31-15(2)21(27)25-18)10-20(14)32(29,30)26-8-4-6-17(13-26)22(28)24-12-16-5-3-7-23-11-16/h3,5,7,9-11,15,17H,4,6,8,12-13H2,1-2H3,(H,24,28)(H,25,27)/t15-,17+/m0/s1. The van der Waals surface area contributed by atoms with Gasteiger partial charge < -0.3 is 15.4 Å². The largest absolute Gasteiger partial charge is 0.479 e. The quantitative estimate of drug-likeness (QED) is 0.706. The molecule has 2 aliphatic heterocycles. The first kappa shape index (κ1) is 22.2. The molecule has 1 fully saturated rings. The first-order valence-corrected chi connectivity index (χ1v) is 12.0. The fourth-order valence-corrected chi connectivity index (χ4v) is 5.72. The van der Waals surface area contributed by atoms with E-state index in [-0.39, 0.29) is 23.3 Å². The van der Waals surface area contributed by atoms with E-state index in [1.165, 1.54) is 10.4 Å². The zero-order valence-corrected chi connectivity index (χ0v) is 18.8. The molecule has 0 aliphatic carbocycles. The molecule has 2 amide bonds. The highest BCUT2D eigenvalue weighted by atomic mass is 32.2. The summed E-state index contributed by atoms with van der Waals surface area (Å²) in [6.07, 6.45) is 3.86. The van der Waals surface area contributed by atoms with Gasteiger partial charge in [-0.15, -0.1) is 0 Å².